The van der Waals surface area contributed by atoms with Crippen LogP contribution in [0.3, 0.4) is 0 Å². The lowest BCUT2D eigenvalue weighted by molar-refractivity contribution is 0.0453. The standard InChI is InChI=1S/C16H12Cl2N2O4S/c1-2-23-16(22)13-10(9(6-19)14(20)25-13)7-24-15(21)8-4-3-5-11(17)12(8)18/h3-5H,2,7,20H2,1H3. The van der Waals surface area contributed by atoms with Crippen LogP contribution in [-0.2, 0) is 16.1 Å². The van der Waals surface area contributed by atoms with E-state index in [1.54, 1.807) is 13.0 Å². The highest BCUT2D eigenvalue weighted by molar-refractivity contribution is 7.18. The molecule has 2 N–H and O–H groups in total. The second-order valence-corrected chi connectivity index (χ2v) is 6.50. The third-order valence-electron chi connectivity index (χ3n) is 3.13. The molecule has 0 atom stereocenters. The SMILES string of the molecule is CCOC(=O)c1sc(N)c(C#N)c1COC(=O)c1cccc(Cl)c1Cl. The highest BCUT2D eigenvalue weighted by Crippen LogP contribution is 2.32. The number of rotatable bonds is 5. The Morgan fingerprint density at radius 1 is 1.28 bits per heavy atom. The summed E-state index contributed by atoms with van der Waals surface area (Å²) in [7, 11) is 0. The van der Waals surface area contributed by atoms with Crippen molar-refractivity contribution in [3.05, 3.63) is 49.8 Å². The summed E-state index contributed by atoms with van der Waals surface area (Å²) in [5, 5.41) is 9.65. The summed E-state index contributed by atoms with van der Waals surface area (Å²) in [4.78, 5) is 24.3. The zero-order valence-electron chi connectivity index (χ0n) is 13.0. The van der Waals surface area contributed by atoms with Gasteiger partial charge < -0.3 is 15.2 Å². The number of nitrogens with zero attached hydrogens (tertiary/aromatic N) is 1. The Bertz CT molecular complexity index is 874. The van der Waals surface area contributed by atoms with Crippen LogP contribution in [-0.4, -0.2) is 18.5 Å². The smallest absolute Gasteiger partial charge is 0.348 e. The van der Waals surface area contributed by atoms with E-state index in [9.17, 15) is 14.9 Å². The van der Waals surface area contributed by atoms with E-state index in [-0.39, 0.29) is 49.8 Å². The van der Waals surface area contributed by atoms with E-state index in [0.717, 1.165) is 11.3 Å². The molecule has 2 aromatic rings. The molecule has 0 aliphatic rings. The van der Waals surface area contributed by atoms with Crippen molar-refractivity contribution in [1.29, 1.82) is 5.26 Å². The maximum Gasteiger partial charge on any atom is 0.348 e. The van der Waals surface area contributed by atoms with Gasteiger partial charge in [0.1, 0.15) is 22.6 Å². The normalized spacial score (nSPS) is 10.2. The summed E-state index contributed by atoms with van der Waals surface area (Å²) in [6.07, 6.45) is 0. The monoisotopic (exact) mass is 398 g/mol. The quantitative estimate of drug-likeness (QED) is 0.762. The van der Waals surface area contributed by atoms with Crippen LogP contribution in [0, 0.1) is 11.3 Å². The van der Waals surface area contributed by atoms with Crippen LogP contribution in [0.4, 0.5) is 5.00 Å². The third-order valence-corrected chi connectivity index (χ3v) is 4.99. The molecule has 0 unspecified atom stereocenters. The molecule has 0 bridgehead atoms. The number of hydrogen-bond acceptors (Lipinski definition) is 7. The molecule has 0 amide bonds. The minimum Gasteiger partial charge on any atom is -0.462 e. The van der Waals surface area contributed by atoms with E-state index in [0.29, 0.717) is 0 Å². The number of thiophene rings is 1. The summed E-state index contributed by atoms with van der Waals surface area (Å²) in [6, 6.07) is 6.45. The number of benzene rings is 1. The Morgan fingerprint density at radius 2 is 2.00 bits per heavy atom. The van der Waals surface area contributed by atoms with Crippen molar-refractivity contribution in [3.8, 4) is 6.07 Å². The van der Waals surface area contributed by atoms with Gasteiger partial charge in [0.2, 0.25) is 0 Å². The first-order valence-corrected chi connectivity index (χ1v) is 8.57. The fourth-order valence-corrected chi connectivity index (χ4v) is 3.28. The average molecular weight is 399 g/mol. The van der Waals surface area contributed by atoms with Crippen molar-refractivity contribution in [2.24, 2.45) is 0 Å². The highest BCUT2D eigenvalue weighted by atomic mass is 35.5. The van der Waals surface area contributed by atoms with Gasteiger partial charge in [0.05, 0.1) is 27.8 Å². The summed E-state index contributed by atoms with van der Waals surface area (Å²) >= 11 is 12.8. The van der Waals surface area contributed by atoms with Crippen molar-refractivity contribution in [1.82, 2.24) is 0 Å². The average Bonchev–Trinajstić information content (AvgIpc) is 2.91. The summed E-state index contributed by atoms with van der Waals surface area (Å²) in [6.45, 7) is 1.49. The van der Waals surface area contributed by atoms with Gasteiger partial charge >= 0.3 is 11.9 Å². The molecule has 1 aromatic carbocycles. The van der Waals surface area contributed by atoms with Crippen LogP contribution in [0.15, 0.2) is 18.2 Å². The van der Waals surface area contributed by atoms with E-state index < -0.39 is 11.9 Å². The second-order valence-electron chi connectivity index (χ2n) is 4.66. The fraction of sp³-hybridized carbons (Fsp3) is 0.188. The van der Waals surface area contributed by atoms with Crippen LogP contribution < -0.4 is 5.73 Å². The van der Waals surface area contributed by atoms with Gasteiger partial charge in [-0.05, 0) is 19.1 Å². The number of hydrogen-bond donors (Lipinski definition) is 1. The predicted octanol–water partition coefficient (Wildman–Crippen LogP) is 4.04. The number of anilines is 1. The Balaban J connectivity index is 2.28. The first-order chi connectivity index (χ1) is 11.9. The molecule has 6 nitrogen and oxygen atoms in total. The number of carbonyl (C=O) groups is 2. The van der Waals surface area contributed by atoms with E-state index in [4.69, 9.17) is 38.4 Å². The lowest BCUT2D eigenvalue weighted by Crippen LogP contribution is -2.10. The van der Waals surface area contributed by atoms with Gasteiger partial charge in [-0.2, -0.15) is 5.26 Å². The van der Waals surface area contributed by atoms with Gasteiger partial charge in [-0.1, -0.05) is 29.3 Å². The maximum absolute atomic E-state index is 12.2. The molecule has 0 radical (unpaired) electrons. The van der Waals surface area contributed by atoms with Crippen LogP contribution in [0.1, 0.15) is 38.1 Å². The van der Waals surface area contributed by atoms with Crippen molar-refractivity contribution in [2.45, 2.75) is 13.5 Å². The van der Waals surface area contributed by atoms with Gasteiger partial charge in [0.15, 0.2) is 0 Å². The third kappa shape index (κ3) is 4.04. The Kier molecular flexibility index (Phi) is 6.26. The topological polar surface area (TPSA) is 102 Å². The summed E-state index contributed by atoms with van der Waals surface area (Å²) in [5.74, 6) is -1.37. The molecule has 0 saturated heterocycles. The lowest BCUT2D eigenvalue weighted by atomic mass is 10.1. The predicted molar refractivity (Wildman–Crippen MR) is 95.0 cm³/mol. The van der Waals surface area contributed by atoms with Crippen molar-refractivity contribution < 1.29 is 19.1 Å². The first kappa shape index (κ1) is 19.1. The van der Waals surface area contributed by atoms with Crippen molar-refractivity contribution >= 4 is 51.5 Å². The lowest BCUT2D eigenvalue weighted by Gasteiger charge is -2.08. The number of carbonyl (C=O) groups excluding carboxylic acids is 2. The minimum absolute atomic E-state index is 0.0603. The van der Waals surface area contributed by atoms with Crippen LogP contribution in [0.2, 0.25) is 10.0 Å². The number of nitriles is 1. The molecule has 0 aliphatic heterocycles. The summed E-state index contributed by atoms with van der Waals surface area (Å²) < 4.78 is 10.1. The second kappa shape index (κ2) is 8.21. The maximum atomic E-state index is 12.2. The first-order valence-electron chi connectivity index (χ1n) is 7.00. The van der Waals surface area contributed by atoms with E-state index in [2.05, 4.69) is 0 Å². The Hall–Kier alpha value is -2.27. The highest BCUT2D eigenvalue weighted by Gasteiger charge is 2.24. The molecule has 9 heteroatoms. The Morgan fingerprint density at radius 3 is 2.64 bits per heavy atom. The van der Waals surface area contributed by atoms with Gasteiger partial charge in [0, 0.05) is 5.56 Å². The van der Waals surface area contributed by atoms with Gasteiger partial charge in [0.25, 0.3) is 0 Å². The van der Waals surface area contributed by atoms with Crippen LogP contribution in [0.25, 0.3) is 0 Å². The molecule has 0 aliphatic carbocycles. The molecule has 130 valence electrons. The molecular weight excluding hydrogens is 387 g/mol. The number of nitrogens with two attached hydrogens (primary N) is 1. The molecule has 2 rings (SSSR count). The molecule has 0 fully saturated rings. The number of esters is 2. The van der Waals surface area contributed by atoms with Gasteiger partial charge in [-0.15, -0.1) is 11.3 Å². The molecule has 1 heterocycles. The van der Waals surface area contributed by atoms with E-state index in [1.807, 2.05) is 6.07 Å². The van der Waals surface area contributed by atoms with E-state index >= 15 is 0 Å². The van der Waals surface area contributed by atoms with Crippen LogP contribution >= 0.6 is 34.5 Å². The number of ether oxygens (including phenoxy) is 2. The molecule has 1 aromatic heterocycles. The van der Waals surface area contributed by atoms with Gasteiger partial charge in [-0.25, -0.2) is 9.59 Å². The minimum atomic E-state index is -0.740. The Labute approximate surface area is 157 Å². The number of nitrogen functional groups attached to an aromatic ring is 1. The zero-order valence-corrected chi connectivity index (χ0v) is 15.3. The van der Waals surface area contributed by atoms with Crippen molar-refractivity contribution in [2.75, 3.05) is 12.3 Å². The molecular formula is C16H12Cl2N2O4S. The van der Waals surface area contributed by atoms with E-state index in [1.165, 1.54) is 12.1 Å². The number of halogens is 2. The van der Waals surface area contributed by atoms with Crippen LogP contribution in [0.5, 0.6) is 0 Å². The fourth-order valence-electron chi connectivity index (χ4n) is 1.98. The molecule has 0 spiro atoms. The van der Waals surface area contributed by atoms with Crippen molar-refractivity contribution in [3.63, 3.8) is 0 Å². The molecule has 25 heavy (non-hydrogen) atoms. The molecule has 0 saturated carbocycles. The zero-order chi connectivity index (χ0) is 18.6. The van der Waals surface area contributed by atoms with Gasteiger partial charge in [-0.3, -0.25) is 0 Å². The largest absolute Gasteiger partial charge is 0.462 e. The summed E-state index contributed by atoms with van der Waals surface area (Å²) in [5.41, 5.74) is 6.12.